The second kappa shape index (κ2) is 5.96. The number of nitrogen functional groups attached to an aromatic ring is 1. The number of hydrogen-bond donors (Lipinski definition) is 2. The van der Waals surface area contributed by atoms with Gasteiger partial charge in [0.15, 0.2) is 5.82 Å². The number of hydrogen-bond acceptors (Lipinski definition) is 4. The molecule has 8 heteroatoms. The maximum atomic E-state index is 13.5. The number of rotatable bonds is 5. The first-order chi connectivity index (χ1) is 8.72. The highest BCUT2D eigenvalue weighted by atomic mass is 32.2. The van der Waals surface area contributed by atoms with Crippen LogP contribution in [0.4, 0.5) is 14.5 Å². The van der Waals surface area contributed by atoms with Crippen molar-refractivity contribution in [2.75, 3.05) is 24.3 Å². The molecular weight excluding hydrogens is 278 g/mol. The van der Waals surface area contributed by atoms with Gasteiger partial charge < -0.3 is 11.1 Å². The van der Waals surface area contributed by atoms with Crippen LogP contribution >= 0.6 is 0 Å². The Labute approximate surface area is 109 Å². The Morgan fingerprint density at radius 3 is 2.58 bits per heavy atom. The number of nitrogens with one attached hydrogen (secondary N) is 1. The Morgan fingerprint density at radius 2 is 2.00 bits per heavy atom. The molecule has 1 rings (SSSR count). The molecule has 0 aliphatic heterocycles. The van der Waals surface area contributed by atoms with Crippen LogP contribution in [-0.2, 0) is 9.84 Å². The molecule has 0 aromatic heterocycles. The molecule has 0 aliphatic carbocycles. The molecule has 0 heterocycles. The van der Waals surface area contributed by atoms with E-state index in [1.165, 1.54) is 0 Å². The Bertz CT molecular complexity index is 588. The van der Waals surface area contributed by atoms with Crippen LogP contribution in [0.15, 0.2) is 12.1 Å². The van der Waals surface area contributed by atoms with E-state index in [9.17, 15) is 22.0 Å². The van der Waals surface area contributed by atoms with Gasteiger partial charge in [0.25, 0.3) is 5.91 Å². The summed E-state index contributed by atoms with van der Waals surface area (Å²) in [6.45, 7) is -0.000414. The average molecular weight is 292 g/mol. The third kappa shape index (κ3) is 4.47. The number of amides is 1. The van der Waals surface area contributed by atoms with Crippen molar-refractivity contribution < 1.29 is 22.0 Å². The number of halogens is 2. The first kappa shape index (κ1) is 15.4. The summed E-state index contributed by atoms with van der Waals surface area (Å²) in [4.78, 5) is 11.6. The number of carbonyl (C=O) groups is 1. The Hall–Kier alpha value is -1.70. The lowest BCUT2D eigenvalue weighted by Gasteiger charge is -2.08. The van der Waals surface area contributed by atoms with Gasteiger partial charge in [-0.25, -0.2) is 17.2 Å². The maximum Gasteiger partial charge on any atom is 0.257 e. The van der Waals surface area contributed by atoms with Crippen molar-refractivity contribution in [3.05, 3.63) is 29.3 Å². The van der Waals surface area contributed by atoms with E-state index in [1.807, 2.05) is 0 Å². The van der Waals surface area contributed by atoms with Gasteiger partial charge >= 0.3 is 0 Å². The van der Waals surface area contributed by atoms with Crippen molar-refractivity contribution in [3.8, 4) is 0 Å². The zero-order valence-electron chi connectivity index (χ0n) is 10.2. The van der Waals surface area contributed by atoms with Crippen molar-refractivity contribution in [2.45, 2.75) is 6.42 Å². The van der Waals surface area contributed by atoms with E-state index in [1.54, 1.807) is 0 Å². The normalized spacial score (nSPS) is 11.3. The summed E-state index contributed by atoms with van der Waals surface area (Å²) in [6.07, 6.45) is 1.22. The predicted molar refractivity (Wildman–Crippen MR) is 67.4 cm³/mol. The molecule has 0 bridgehead atoms. The number of carbonyl (C=O) groups excluding carboxylic acids is 1. The van der Waals surface area contributed by atoms with E-state index in [4.69, 9.17) is 5.73 Å². The highest BCUT2D eigenvalue weighted by Gasteiger charge is 2.19. The zero-order valence-corrected chi connectivity index (χ0v) is 11.1. The predicted octanol–water partition coefficient (Wildman–Crippen LogP) is 0.712. The van der Waals surface area contributed by atoms with Crippen LogP contribution in [0.2, 0.25) is 0 Å². The summed E-state index contributed by atoms with van der Waals surface area (Å²) in [5.41, 5.74) is 4.14. The third-order valence-electron chi connectivity index (χ3n) is 2.33. The van der Waals surface area contributed by atoms with Crippen molar-refractivity contribution in [3.63, 3.8) is 0 Å². The van der Waals surface area contributed by atoms with Crippen molar-refractivity contribution in [1.82, 2.24) is 5.32 Å². The van der Waals surface area contributed by atoms with Crippen molar-refractivity contribution >= 4 is 21.4 Å². The summed E-state index contributed by atoms with van der Waals surface area (Å²) in [6, 6.07) is 1.91. The molecule has 5 nitrogen and oxygen atoms in total. The molecule has 1 aromatic rings. The lowest BCUT2D eigenvalue weighted by Crippen LogP contribution is -2.28. The lowest BCUT2D eigenvalue weighted by molar-refractivity contribution is 0.0945. The molecule has 0 aliphatic rings. The van der Waals surface area contributed by atoms with Crippen LogP contribution in [0.25, 0.3) is 0 Å². The highest BCUT2D eigenvalue weighted by molar-refractivity contribution is 7.90. The molecule has 0 saturated carbocycles. The van der Waals surface area contributed by atoms with Crippen molar-refractivity contribution in [1.29, 1.82) is 0 Å². The topological polar surface area (TPSA) is 89.3 Å². The van der Waals surface area contributed by atoms with E-state index in [0.717, 1.165) is 18.4 Å². The van der Waals surface area contributed by atoms with Gasteiger partial charge in [-0.1, -0.05) is 0 Å². The molecule has 106 valence electrons. The molecule has 0 spiro atoms. The average Bonchev–Trinajstić information content (AvgIpc) is 2.29. The maximum absolute atomic E-state index is 13.5. The molecule has 19 heavy (non-hydrogen) atoms. The molecule has 1 aromatic carbocycles. The molecule has 0 fully saturated rings. The molecular formula is C11H14F2N2O3S. The first-order valence-corrected chi connectivity index (χ1v) is 7.48. The van der Waals surface area contributed by atoms with Crippen LogP contribution in [0.3, 0.4) is 0 Å². The van der Waals surface area contributed by atoms with Crippen LogP contribution in [0, 0.1) is 11.6 Å². The SMILES string of the molecule is CS(=O)(=O)CCCNC(=O)c1c(F)ccc(N)c1F. The molecule has 0 radical (unpaired) electrons. The van der Waals surface area contributed by atoms with Crippen LogP contribution in [0.1, 0.15) is 16.8 Å². The van der Waals surface area contributed by atoms with E-state index in [0.29, 0.717) is 0 Å². The summed E-state index contributed by atoms with van der Waals surface area (Å²) in [5.74, 6) is -3.22. The van der Waals surface area contributed by atoms with Gasteiger partial charge in [0, 0.05) is 12.8 Å². The Kier molecular flexibility index (Phi) is 4.82. The van der Waals surface area contributed by atoms with Crippen LogP contribution in [-0.4, -0.2) is 32.9 Å². The fraction of sp³-hybridized carbons (Fsp3) is 0.364. The minimum Gasteiger partial charge on any atom is -0.396 e. The molecule has 3 N–H and O–H groups in total. The molecule has 0 unspecified atom stereocenters. The third-order valence-corrected chi connectivity index (χ3v) is 3.36. The Morgan fingerprint density at radius 1 is 1.37 bits per heavy atom. The minimum absolute atomic E-state index is 0.000414. The van der Waals surface area contributed by atoms with E-state index < -0.39 is 32.9 Å². The number of sulfone groups is 1. The van der Waals surface area contributed by atoms with Gasteiger partial charge in [0.05, 0.1) is 11.4 Å². The Balaban J connectivity index is 2.67. The minimum atomic E-state index is -3.13. The fourth-order valence-corrected chi connectivity index (χ4v) is 2.07. The second-order valence-corrected chi connectivity index (χ2v) is 6.32. The first-order valence-electron chi connectivity index (χ1n) is 5.42. The summed E-state index contributed by atoms with van der Waals surface area (Å²) < 4.78 is 48.5. The molecule has 0 atom stereocenters. The molecule has 1 amide bonds. The largest absolute Gasteiger partial charge is 0.396 e. The number of anilines is 1. The second-order valence-electron chi connectivity index (χ2n) is 4.06. The number of nitrogens with two attached hydrogens (primary N) is 1. The quantitative estimate of drug-likeness (QED) is 0.618. The van der Waals surface area contributed by atoms with Gasteiger partial charge in [-0.3, -0.25) is 4.79 Å². The summed E-state index contributed by atoms with van der Waals surface area (Å²) >= 11 is 0. The monoisotopic (exact) mass is 292 g/mol. The van der Waals surface area contributed by atoms with E-state index >= 15 is 0 Å². The lowest BCUT2D eigenvalue weighted by atomic mass is 10.1. The summed E-state index contributed by atoms with van der Waals surface area (Å²) in [7, 11) is -3.13. The van der Waals surface area contributed by atoms with Gasteiger partial charge in [-0.15, -0.1) is 0 Å². The van der Waals surface area contributed by atoms with Gasteiger partial charge in [0.1, 0.15) is 21.2 Å². The van der Waals surface area contributed by atoms with E-state index in [-0.39, 0.29) is 24.4 Å². The van der Waals surface area contributed by atoms with Crippen molar-refractivity contribution in [2.24, 2.45) is 0 Å². The van der Waals surface area contributed by atoms with Crippen LogP contribution in [0.5, 0.6) is 0 Å². The number of benzene rings is 1. The van der Waals surface area contributed by atoms with Gasteiger partial charge in [-0.05, 0) is 18.6 Å². The van der Waals surface area contributed by atoms with E-state index in [2.05, 4.69) is 5.32 Å². The fourth-order valence-electron chi connectivity index (χ4n) is 1.40. The smallest absolute Gasteiger partial charge is 0.257 e. The summed E-state index contributed by atoms with van der Waals surface area (Å²) in [5, 5.41) is 2.24. The highest BCUT2D eigenvalue weighted by Crippen LogP contribution is 2.18. The molecule has 0 saturated heterocycles. The standard InChI is InChI=1S/C11H14F2N2O3S/c1-19(17,18)6-2-5-15-11(16)9-7(12)3-4-8(14)10(9)13/h3-4H,2,5-6,14H2,1H3,(H,15,16). The van der Waals surface area contributed by atoms with Gasteiger partial charge in [0.2, 0.25) is 0 Å². The zero-order chi connectivity index (χ0) is 14.6. The van der Waals surface area contributed by atoms with Gasteiger partial charge in [-0.2, -0.15) is 0 Å². The van der Waals surface area contributed by atoms with Crippen LogP contribution < -0.4 is 11.1 Å².